The second-order valence-corrected chi connectivity index (χ2v) is 5.92. The summed E-state index contributed by atoms with van der Waals surface area (Å²) in [5, 5.41) is 12.7. The summed E-state index contributed by atoms with van der Waals surface area (Å²) in [6, 6.07) is 8.81. The zero-order valence-electron chi connectivity index (χ0n) is 13.0. The lowest BCUT2D eigenvalue weighted by atomic mass is 10.0. The minimum absolute atomic E-state index is 0.188. The molecule has 120 valence electrons. The quantitative estimate of drug-likeness (QED) is 0.637. The van der Waals surface area contributed by atoms with Gasteiger partial charge in [0.1, 0.15) is 0 Å². The second-order valence-electron chi connectivity index (χ2n) is 5.01. The summed E-state index contributed by atoms with van der Waals surface area (Å²) in [7, 11) is 1.71. The van der Waals surface area contributed by atoms with E-state index in [4.69, 9.17) is 9.84 Å². The van der Waals surface area contributed by atoms with Gasteiger partial charge in [0, 0.05) is 37.3 Å². The van der Waals surface area contributed by atoms with E-state index in [0.717, 1.165) is 30.5 Å². The molecule has 4 nitrogen and oxygen atoms in total. The van der Waals surface area contributed by atoms with Crippen molar-refractivity contribution in [2.45, 2.75) is 19.4 Å². The van der Waals surface area contributed by atoms with Gasteiger partial charge in [-0.2, -0.15) is 0 Å². The van der Waals surface area contributed by atoms with E-state index in [-0.39, 0.29) is 6.61 Å². The first kappa shape index (κ1) is 18.6. The monoisotopic (exact) mass is 358 g/mol. The zero-order valence-corrected chi connectivity index (χ0v) is 14.6. The summed E-state index contributed by atoms with van der Waals surface area (Å²) in [6.45, 7) is 6.45. The van der Waals surface area contributed by atoms with E-state index < -0.39 is 0 Å². The van der Waals surface area contributed by atoms with Crippen LogP contribution in [0.4, 0.5) is 0 Å². The van der Waals surface area contributed by atoms with Crippen LogP contribution in [0.15, 0.2) is 28.7 Å². The zero-order chi connectivity index (χ0) is 15.5. The highest BCUT2D eigenvalue weighted by Gasteiger charge is 2.12. The predicted molar refractivity (Wildman–Crippen MR) is 90.6 cm³/mol. The molecular weight excluding hydrogens is 332 g/mol. The Bertz CT molecular complexity index is 373. The topological polar surface area (TPSA) is 44.7 Å². The molecular formula is C16H27BrN2O2. The molecule has 0 saturated carbocycles. The van der Waals surface area contributed by atoms with Crippen LogP contribution in [-0.2, 0) is 4.74 Å². The molecule has 5 heteroatoms. The van der Waals surface area contributed by atoms with Crippen molar-refractivity contribution in [3.05, 3.63) is 34.3 Å². The van der Waals surface area contributed by atoms with Crippen LogP contribution in [0.2, 0.25) is 0 Å². The SMILES string of the molecule is CCNC(CCN(CCO)CCOC)c1ccc(Br)cc1. The van der Waals surface area contributed by atoms with Crippen molar-refractivity contribution in [3.63, 3.8) is 0 Å². The Morgan fingerprint density at radius 3 is 2.52 bits per heavy atom. The van der Waals surface area contributed by atoms with Crippen LogP contribution in [-0.4, -0.2) is 56.5 Å². The summed E-state index contributed by atoms with van der Waals surface area (Å²) in [4.78, 5) is 2.24. The molecule has 1 atom stereocenters. The minimum atomic E-state index is 0.188. The maximum Gasteiger partial charge on any atom is 0.0589 e. The van der Waals surface area contributed by atoms with E-state index >= 15 is 0 Å². The molecule has 1 unspecified atom stereocenters. The van der Waals surface area contributed by atoms with Gasteiger partial charge in [-0.25, -0.2) is 0 Å². The highest BCUT2D eigenvalue weighted by Crippen LogP contribution is 2.20. The summed E-state index contributed by atoms with van der Waals surface area (Å²) >= 11 is 3.47. The molecule has 0 spiro atoms. The van der Waals surface area contributed by atoms with Gasteiger partial charge < -0.3 is 15.2 Å². The van der Waals surface area contributed by atoms with Gasteiger partial charge in [0.05, 0.1) is 13.2 Å². The van der Waals surface area contributed by atoms with Gasteiger partial charge in [0.15, 0.2) is 0 Å². The number of aliphatic hydroxyl groups excluding tert-OH is 1. The third kappa shape index (κ3) is 7.38. The maximum absolute atomic E-state index is 9.15. The van der Waals surface area contributed by atoms with Crippen molar-refractivity contribution in [1.82, 2.24) is 10.2 Å². The third-order valence-electron chi connectivity index (χ3n) is 3.48. The lowest BCUT2D eigenvalue weighted by molar-refractivity contribution is 0.127. The highest BCUT2D eigenvalue weighted by atomic mass is 79.9. The molecule has 0 heterocycles. The fraction of sp³-hybridized carbons (Fsp3) is 0.625. The number of hydrogen-bond acceptors (Lipinski definition) is 4. The number of aliphatic hydroxyl groups is 1. The normalized spacial score (nSPS) is 12.8. The Hall–Kier alpha value is -0.460. The van der Waals surface area contributed by atoms with Crippen LogP contribution >= 0.6 is 15.9 Å². The molecule has 1 rings (SSSR count). The van der Waals surface area contributed by atoms with Crippen molar-refractivity contribution < 1.29 is 9.84 Å². The first-order chi connectivity index (χ1) is 10.2. The summed E-state index contributed by atoms with van der Waals surface area (Å²) < 4.78 is 6.23. The number of halogens is 1. The van der Waals surface area contributed by atoms with Crippen LogP contribution in [0, 0.1) is 0 Å². The van der Waals surface area contributed by atoms with Crippen molar-refractivity contribution in [2.24, 2.45) is 0 Å². The number of rotatable bonds is 11. The number of ether oxygens (including phenoxy) is 1. The van der Waals surface area contributed by atoms with Gasteiger partial charge in [-0.05, 0) is 30.7 Å². The Kier molecular flexibility index (Phi) is 9.87. The van der Waals surface area contributed by atoms with E-state index in [1.165, 1.54) is 5.56 Å². The maximum atomic E-state index is 9.15. The molecule has 0 amide bonds. The molecule has 0 aromatic heterocycles. The molecule has 0 aliphatic rings. The van der Waals surface area contributed by atoms with E-state index in [1.54, 1.807) is 7.11 Å². The molecule has 0 bridgehead atoms. The Morgan fingerprint density at radius 1 is 1.24 bits per heavy atom. The van der Waals surface area contributed by atoms with Gasteiger partial charge in [0.25, 0.3) is 0 Å². The number of methoxy groups -OCH3 is 1. The summed E-state index contributed by atoms with van der Waals surface area (Å²) in [6.07, 6.45) is 1.01. The number of hydrogen-bond donors (Lipinski definition) is 2. The molecule has 0 saturated heterocycles. The van der Waals surface area contributed by atoms with Gasteiger partial charge in [0.2, 0.25) is 0 Å². The van der Waals surface area contributed by atoms with Crippen molar-refractivity contribution >= 4 is 15.9 Å². The van der Waals surface area contributed by atoms with Gasteiger partial charge in [-0.1, -0.05) is 35.0 Å². The minimum Gasteiger partial charge on any atom is -0.395 e. The lowest BCUT2D eigenvalue weighted by Gasteiger charge is -2.25. The lowest BCUT2D eigenvalue weighted by Crippen LogP contribution is -2.34. The van der Waals surface area contributed by atoms with Gasteiger partial charge in [-0.3, -0.25) is 4.90 Å². The van der Waals surface area contributed by atoms with Crippen LogP contribution in [0.1, 0.15) is 24.9 Å². The molecule has 0 radical (unpaired) electrons. The Morgan fingerprint density at radius 2 is 1.95 bits per heavy atom. The Labute approximate surface area is 136 Å². The number of nitrogens with one attached hydrogen (secondary N) is 1. The number of benzene rings is 1. The Balaban J connectivity index is 2.57. The van der Waals surface area contributed by atoms with Crippen molar-refractivity contribution in [3.8, 4) is 0 Å². The first-order valence-corrected chi connectivity index (χ1v) is 8.31. The fourth-order valence-electron chi connectivity index (χ4n) is 2.34. The van der Waals surface area contributed by atoms with Crippen LogP contribution in [0.3, 0.4) is 0 Å². The van der Waals surface area contributed by atoms with Gasteiger partial charge in [-0.15, -0.1) is 0 Å². The van der Waals surface area contributed by atoms with Crippen LogP contribution in [0.5, 0.6) is 0 Å². The summed E-state index contributed by atoms with van der Waals surface area (Å²) in [5.74, 6) is 0. The van der Waals surface area contributed by atoms with Crippen molar-refractivity contribution in [1.29, 1.82) is 0 Å². The largest absolute Gasteiger partial charge is 0.395 e. The average Bonchev–Trinajstić information content (AvgIpc) is 2.49. The standard InChI is InChI=1S/C16H27BrN2O2/c1-3-18-16(14-4-6-15(17)7-5-14)8-9-19(10-12-20)11-13-21-2/h4-7,16,18,20H,3,8-13H2,1-2H3. The average molecular weight is 359 g/mol. The van der Waals surface area contributed by atoms with Crippen LogP contribution in [0.25, 0.3) is 0 Å². The van der Waals surface area contributed by atoms with Crippen LogP contribution < -0.4 is 5.32 Å². The molecule has 1 aromatic carbocycles. The third-order valence-corrected chi connectivity index (χ3v) is 4.01. The smallest absolute Gasteiger partial charge is 0.0589 e. The molecule has 1 aromatic rings. The highest BCUT2D eigenvalue weighted by molar-refractivity contribution is 9.10. The molecule has 0 aliphatic heterocycles. The fourth-order valence-corrected chi connectivity index (χ4v) is 2.60. The second kappa shape index (κ2) is 11.2. The van der Waals surface area contributed by atoms with E-state index in [9.17, 15) is 0 Å². The van der Waals surface area contributed by atoms with E-state index in [1.807, 2.05) is 0 Å². The first-order valence-electron chi connectivity index (χ1n) is 7.52. The predicted octanol–water partition coefficient (Wildman–Crippen LogP) is 2.43. The van der Waals surface area contributed by atoms with E-state index in [0.29, 0.717) is 19.2 Å². The molecule has 0 fully saturated rings. The van der Waals surface area contributed by atoms with Gasteiger partial charge >= 0.3 is 0 Å². The summed E-state index contributed by atoms with van der Waals surface area (Å²) in [5.41, 5.74) is 1.30. The van der Waals surface area contributed by atoms with Crippen molar-refractivity contribution in [2.75, 3.05) is 46.5 Å². The molecule has 0 aliphatic carbocycles. The van der Waals surface area contributed by atoms with E-state index in [2.05, 4.69) is 57.3 Å². The number of nitrogens with zero attached hydrogens (tertiary/aromatic N) is 1. The molecule has 21 heavy (non-hydrogen) atoms. The molecule has 2 N–H and O–H groups in total.